The van der Waals surface area contributed by atoms with Crippen molar-refractivity contribution in [3.8, 4) is 0 Å². The van der Waals surface area contributed by atoms with E-state index in [2.05, 4.69) is 16.1 Å². The Morgan fingerprint density at radius 3 is 2.69 bits per heavy atom. The molecule has 1 aliphatic rings. The van der Waals surface area contributed by atoms with Crippen LogP contribution in [0.5, 0.6) is 0 Å². The Balaban J connectivity index is 0.00000225. The van der Waals surface area contributed by atoms with Crippen molar-refractivity contribution >= 4 is 41.7 Å². The summed E-state index contributed by atoms with van der Waals surface area (Å²) < 4.78 is 5.25. The van der Waals surface area contributed by atoms with Crippen molar-refractivity contribution in [2.45, 2.75) is 12.8 Å². The number of morpholine rings is 1. The fourth-order valence-electron chi connectivity index (χ4n) is 1.44. The fraction of sp³-hybridized carbons (Fsp3) is 0.900. The van der Waals surface area contributed by atoms with E-state index in [-0.39, 0.29) is 24.0 Å². The van der Waals surface area contributed by atoms with E-state index < -0.39 is 0 Å². The van der Waals surface area contributed by atoms with Crippen LogP contribution < -0.4 is 5.73 Å². The van der Waals surface area contributed by atoms with Crippen LogP contribution >= 0.6 is 35.7 Å². The lowest BCUT2D eigenvalue weighted by Crippen LogP contribution is -2.44. The van der Waals surface area contributed by atoms with Gasteiger partial charge in [0.05, 0.1) is 13.2 Å². The first-order chi connectivity index (χ1) is 7.34. The quantitative estimate of drug-likeness (QED) is 0.349. The Hall–Kier alpha value is 0.310. The van der Waals surface area contributed by atoms with E-state index in [1.165, 1.54) is 12.2 Å². The lowest BCUT2D eigenvalue weighted by molar-refractivity contribution is 0.0674. The number of nitrogens with two attached hydrogens (primary N) is 1. The number of unbranched alkanes of at least 4 members (excludes halogenated alkanes) is 1. The zero-order chi connectivity index (χ0) is 10.9. The van der Waals surface area contributed by atoms with Crippen LogP contribution in [0.25, 0.3) is 0 Å². The summed E-state index contributed by atoms with van der Waals surface area (Å²) in [5.74, 6) is 1.90. The first-order valence-corrected chi connectivity index (χ1v) is 6.85. The highest BCUT2D eigenvalue weighted by Gasteiger charge is 2.11. The van der Waals surface area contributed by atoms with Gasteiger partial charge in [0.25, 0.3) is 0 Å². The second-order valence-electron chi connectivity index (χ2n) is 3.54. The Bertz CT molecular complexity index is 199. The van der Waals surface area contributed by atoms with Crippen LogP contribution in [-0.2, 0) is 4.74 Å². The predicted octanol–water partition coefficient (Wildman–Crippen LogP) is 1.39. The Labute approximate surface area is 119 Å². The van der Waals surface area contributed by atoms with Crippen molar-refractivity contribution in [3.63, 3.8) is 0 Å². The molecule has 6 heteroatoms. The standard InChI is InChI=1S/C10H21N3OS.HI/c1-15-9-3-2-4-12-10(11)13-5-7-14-8-6-13;/h2-9H2,1H3,(H2,11,12);1H. The predicted molar refractivity (Wildman–Crippen MR) is 81.9 cm³/mol. The molecule has 96 valence electrons. The molecule has 1 fully saturated rings. The highest BCUT2D eigenvalue weighted by molar-refractivity contribution is 14.0. The third-order valence-corrected chi connectivity index (χ3v) is 3.06. The number of rotatable bonds is 5. The van der Waals surface area contributed by atoms with Crippen LogP contribution in [0.3, 0.4) is 0 Å². The Kier molecular flexibility index (Phi) is 10.7. The van der Waals surface area contributed by atoms with Gasteiger partial charge < -0.3 is 15.4 Å². The highest BCUT2D eigenvalue weighted by atomic mass is 127. The number of thioether (sulfide) groups is 1. The molecule has 4 nitrogen and oxygen atoms in total. The minimum Gasteiger partial charge on any atom is -0.378 e. The topological polar surface area (TPSA) is 50.8 Å². The maximum atomic E-state index is 5.88. The van der Waals surface area contributed by atoms with Gasteiger partial charge >= 0.3 is 0 Å². The average Bonchev–Trinajstić information content (AvgIpc) is 2.30. The van der Waals surface area contributed by atoms with E-state index in [9.17, 15) is 0 Å². The molecule has 0 aromatic carbocycles. The maximum absolute atomic E-state index is 5.88. The number of aliphatic imine (C=N–C) groups is 1. The van der Waals surface area contributed by atoms with Crippen LogP contribution in [0.15, 0.2) is 4.99 Å². The molecule has 0 radical (unpaired) electrons. The minimum absolute atomic E-state index is 0. The number of hydrogen-bond acceptors (Lipinski definition) is 3. The van der Waals surface area contributed by atoms with Gasteiger partial charge in [-0.2, -0.15) is 11.8 Å². The van der Waals surface area contributed by atoms with Crippen LogP contribution in [0.2, 0.25) is 0 Å². The van der Waals surface area contributed by atoms with Crippen molar-refractivity contribution in [1.82, 2.24) is 4.90 Å². The summed E-state index contributed by atoms with van der Waals surface area (Å²) >= 11 is 1.88. The zero-order valence-electron chi connectivity index (χ0n) is 9.85. The van der Waals surface area contributed by atoms with Gasteiger partial charge in [0.1, 0.15) is 0 Å². The lowest BCUT2D eigenvalue weighted by atomic mass is 10.3. The monoisotopic (exact) mass is 359 g/mol. The second-order valence-corrected chi connectivity index (χ2v) is 4.52. The normalized spacial score (nSPS) is 17.1. The molecule has 0 spiro atoms. The van der Waals surface area contributed by atoms with Crippen LogP contribution in [0.1, 0.15) is 12.8 Å². The highest BCUT2D eigenvalue weighted by Crippen LogP contribution is 2.00. The number of guanidine groups is 1. The summed E-state index contributed by atoms with van der Waals surface area (Å²) in [4.78, 5) is 6.47. The van der Waals surface area contributed by atoms with E-state index in [1.54, 1.807) is 0 Å². The molecule has 1 heterocycles. The van der Waals surface area contributed by atoms with E-state index >= 15 is 0 Å². The van der Waals surface area contributed by atoms with E-state index in [1.807, 2.05) is 11.8 Å². The smallest absolute Gasteiger partial charge is 0.191 e. The van der Waals surface area contributed by atoms with Gasteiger partial charge in [-0.05, 0) is 24.9 Å². The van der Waals surface area contributed by atoms with E-state index in [4.69, 9.17) is 10.5 Å². The molecule has 16 heavy (non-hydrogen) atoms. The van der Waals surface area contributed by atoms with Crippen LogP contribution in [0, 0.1) is 0 Å². The number of halogens is 1. The molecule has 0 amide bonds. The largest absolute Gasteiger partial charge is 0.378 e. The van der Waals surface area contributed by atoms with Gasteiger partial charge in [-0.1, -0.05) is 0 Å². The van der Waals surface area contributed by atoms with Gasteiger partial charge in [0.15, 0.2) is 5.96 Å². The van der Waals surface area contributed by atoms with E-state index in [0.717, 1.165) is 39.3 Å². The average molecular weight is 359 g/mol. The molecule has 0 aromatic heterocycles. The SMILES string of the molecule is CSCCCCN=C(N)N1CCOCC1.I. The third-order valence-electron chi connectivity index (χ3n) is 2.37. The van der Waals surface area contributed by atoms with E-state index in [0.29, 0.717) is 5.96 Å². The van der Waals surface area contributed by atoms with Gasteiger partial charge in [0.2, 0.25) is 0 Å². The van der Waals surface area contributed by atoms with Gasteiger partial charge in [-0.25, -0.2) is 0 Å². The molecular weight excluding hydrogens is 337 g/mol. The first kappa shape index (κ1) is 16.3. The summed E-state index contributed by atoms with van der Waals surface area (Å²) in [6, 6.07) is 0. The third kappa shape index (κ3) is 6.80. The molecule has 1 aliphatic heterocycles. The first-order valence-electron chi connectivity index (χ1n) is 5.46. The van der Waals surface area contributed by atoms with Crippen LogP contribution in [-0.4, -0.2) is 55.7 Å². The van der Waals surface area contributed by atoms with Gasteiger partial charge in [-0.3, -0.25) is 4.99 Å². The summed E-state index contributed by atoms with van der Waals surface area (Å²) in [7, 11) is 0. The molecule has 0 unspecified atom stereocenters. The second kappa shape index (κ2) is 10.5. The van der Waals surface area contributed by atoms with Crippen molar-refractivity contribution in [2.75, 3.05) is 44.9 Å². The molecule has 1 rings (SSSR count). The molecule has 0 saturated carbocycles. The fourth-order valence-corrected chi connectivity index (χ4v) is 1.94. The van der Waals surface area contributed by atoms with Crippen molar-refractivity contribution in [1.29, 1.82) is 0 Å². The lowest BCUT2D eigenvalue weighted by Gasteiger charge is -2.27. The summed E-state index contributed by atoms with van der Waals surface area (Å²) in [5, 5.41) is 0. The summed E-state index contributed by atoms with van der Waals surface area (Å²) in [6.07, 6.45) is 4.48. The molecule has 2 N–H and O–H groups in total. The summed E-state index contributed by atoms with van der Waals surface area (Å²) in [5.41, 5.74) is 5.88. The Morgan fingerprint density at radius 1 is 1.38 bits per heavy atom. The van der Waals surface area contributed by atoms with Gasteiger partial charge in [0, 0.05) is 19.6 Å². The van der Waals surface area contributed by atoms with Crippen molar-refractivity contribution in [2.24, 2.45) is 10.7 Å². The maximum Gasteiger partial charge on any atom is 0.191 e. The molecular formula is C10H22IN3OS. The molecule has 0 aliphatic carbocycles. The number of nitrogens with zero attached hydrogens (tertiary/aromatic N) is 2. The zero-order valence-corrected chi connectivity index (χ0v) is 13.0. The van der Waals surface area contributed by atoms with Crippen molar-refractivity contribution < 1.29 is 4.74 Å². The number of ether oxygens (including phenoxy) is 1. The molecule has 0 bridgehead atoms. The molecule has 0 aromatic rings. The Morgan fingerprint density at radius 2 is 2.06 bits per heavy atom. The molecule has 0 atom stereocenters. The minimum atomic E-state index is 0. The van der Waals surface area contributed by atoms with Crippen molar-refractivity contribution in [3.05, 3.63) is 0 Å². The van der Waals surface area contributed by atoms with Gasteiger partial charge in [-0.15, -0.1) is 24.0 Å². The summed E-state index contributed by atoms with van der Waals surface area (Å²) in [6.45, 7) is 4.13. The van der Waals surface area contributed by atoms with Crippen LogP contribution in [0.4, 0.5) is 0 Å². The molecule has 1 saturated heterocycles. The number of hydrogen-bond donors (Lipinski definition) is 1.